The Bertz CT molecular complexity index is 1370. The highest BCUT2D eigenvalue weighted by atomic mass is 32.2. The number of hydrogen-bond acceptors (Lipinski definition) is 6. The Morgan fingerprint density at radius 2 is 1.76 bits per heavy atom. The number of carbonyl (C=O) groups excluding carboxylic acids is 1. The largest absolute Gasteiger partial charge is 0.367 e. The maximum absolute atomic E-state index is 13.7. The maximum atomic E-state index is 13.7. The molecular weight excluding hydrogens is 448 g/mol. The van der Waals surface area contributed by atoms with E-state index >= 15 is 0 Å². The molecule has 0 aliphatic carbocycles. The average Bonchev–Trinajstić information content (AvgIpc) is 3.03. The van der Waals surface area contributed by atoms with Crippen molar-refractivity contribution in [3.8, 4) is 11.1 Å². The molecule has 3 aromatic rings. The number of pyridine rings is 1. The molecule has 1 N–H and O–H groups in total. The van der Waals surface area contributed by atoms with Crippen molar-refractivity contribution >= 4 is 27.1 Å². The molecule has 2 aromatic carbocycles. The van der Waals surface area contributed by atoms with Crippen LogP contribution in [0.4, 0.5) is 11.4 Å². The van der Waals surface area contributed by atoms with Gasteiger partial charge in [0.2, 0.25) is 15.7 Å². The Kier molecular flexibility index (Phi) is 5.15. The molecule has 3 fully saturated rings. The van der Waals surface area contributed by atoms with E-state index in [0.717, 1.165) is 50.3 Å². The van der Waals surface area contributed by atoms with Crippen molar-refractivity contribution in [3.05, 3.63) is 66.5 Å². The van der Waals surface area contributed by atoms with Gasteiger partial charge in [0.1, 0.15) is 4.90 Å². The van der Waals surface area contributed by atoms with Crippen molar-refractivity contribution in [3.63, 3.8) is 0 Å². The monoisotopic (exact) mass is 474 g/mol. The lowest BCUT2D eigenvalue weighted by molar-refractivity contribution is -0.115. The Morgan fingerprint density at radius 1 is 0.971 bits per heavy atom. The number of fused-ring (bicyclic) bond motifs is 7. The molecule has 34 heavy (non-hydrogen) atoms. The van der Waals surface area contributed by atoms with Gasteiger partial charge in [-0.15, -0.1) is 0 Å². The number of nitrogens with zero attached hydrogens (tertiary/aromatic N) is 3. The van der Waals surface area contributed by atoms with Crippen molar-refractivity contribution < 1.29 is 13.2 Å². The van der Waals surface area contributed by atoms with Gasteiger partial charge < -0.3 is 15.1 Å². The fourth-order valence-electron chi connectivity index (χ4n) is 5.49. The Balaban J connectivity index is 1.33. The van der Waals surface area contributed by atoms with Gasteiger partial charge in [0, 0.05) is 61.4 Å². The summed E-state index contributed by atoms with van der Waals surface area (Å²) < 4.78 is 27.4. The zero-order valence-electron chi connectivity index (χ0n) is 18.8. The summed E-state index contributed by atoms with van der Waals surface area (Å²) >= 11 is 0. The first kappa shape index (κ1) is 21.3. The minimum Gasteiger partial charge on any atom is -0.367 e. The third kappa shape index (κ3) is 3.58. The molecule has 1 aromatic heterocycles. The van der Waals surface area contributed by atoms with Gasteiger partial charge in [-0.3, -0.25) is 9.78 Å². The lowest BCUT2D eigenvalue weighted by Crippen LogP contribution is -2.37. The van der Waals surface area contributed by atoms with E-state index < -0.39 is 9.84 Å². The third-order valence-electron chi connectivity index (χ3n) is 7.20. The van der Waals surface area contributed by atoms with E-state index in [9.17, 15) is 13.2 Å². The van der Waals surface area contributed by atoms with Crippen LogP contribution in [0.2, 0.25) is 0 Å². The number of hydrogen-bond donors (Lipinski definition) is 1. The average molecular weight is 475 g/mol. The van der Waals surface area contributed by atoms with Crippen LogP contribution in [0.3, 0.4) is 0 Å². The highest BCUT2D eigenvalue weighted by Gasteiger charge is 2.37. The molecule has 7 rings (SSSR count). The highest BCUT2D eigenvalue weighted by molar-refractivity contribution is 7.92. The zero-order chi connectivity index (χ0) is 23.3. The molecule has 174 valence electrons. The lowest BCUT2D eigenvalue weighted by Gasteiger charge is -2.33. The van der Waals surface area contributed by atoms with Gasteiger partial charge in [0.05, 0.1) is 17.0 Å². The summed E-state index contributed by atoms with van der Waals surface area (Å²) in [7, 11) is -3.76. The van der Waals surface area contributed by atoms with Gasteiger partial charge in [-0.2, -0.15) is 0 Å². The van der Waals surface area contributed by atoms with Crippen LogP contribution in [0, 0.1) is 0 Å². The van der Waals surface area contributed by atoms with Crippen LogP contribution in [0.5, 0.6) is 0 Å². The highest BCUT2D eigenvalue weighted by Crippen LogP contribution is 2.48. The normalized spacial score (nSPS) is 22.1. The summed E-state index contributed by atoms with van der Waals surface area (Å²) in [6.45, 7) is 4.14. The molecule has 4 aliphatic heterocycles. The van der Waals surface area contributed by atoms with E-state index in [4.69, 9.17) is 0 Å². The summed E-state index contributed by atoms with van der Waals surface area (Å²) in [5.74, 6) is -0.262. The fraction of sp³-hybridized carbons (Fsp3) is 0.308. The standard InChI is InChI=1S/C26H26N4O3S/c31-25(16-18-6-10-27-11-7-18)28-23-3-1-2-22-21-5-4-20(17-24(21)34(32,33)26(22)23)30-15-14-29-12-8-19(30)9-13-29/h1-7,10-11,17,19H,8-9,12-16H2,(H,28,31). The molecule has 0 atom stereocenters. The second kappa shape index (κ2) is 8.21. The summed E-state index contributed by atoms with van der Waals surface area (Å²) in [5, 5.41) is 2.83. The first-order valence-electron chi connectivity index (χ1n) is 11.7. The Morgan fingerprint density at radius 3 is 2.56 bits per heavy atom. The summed E-state index contributed by atoms with van der Waals surface area (Å²) in [4.78, 5) is 22.0. The number of nitrogens with one attached hydrogen (secondary N) is 1. The number of carbonyl (C=O) groups is 1. The summed E-state index contributed by atoms with van der Waals surface area (Å²) in [6, 6.07) is 15.1. The SMILES string of the molecule is O=C(Cc1ccncc1)Nc1cccc2c1S(=O)(=O)c1cc(N3CCN4CCC3CC4)ccc1-2. The van der Waals surface area contributed by atoms with Crippen molar-refractivity contribution in [2.45, 2.75) is 35.1 Å². The van der Waals surface area contributed by atoms with Crippen LogP contribution < -0.4 is 10.2 Å². The summed E-state index contributed by atoms with van der Waals surface area (Å²) in [5.41, 5.74) is 3.46. The maximum Gasteiger partial charge on any atom is 0.228 e. The molecular formula is C26H26N4O3S. The third-order valence-corrected chi connectivity index (χ3v) is 9.10. The first-order chi connectivity index (χ1) is 16.5. The van der Waals surface area contributed by atoms with E-state index in [-0.39, 0.29) is 17.2 Å². The smallest absolute Gasteiger partial charge is 0.228 e. The second-order valence-electron chi connectivity index (χ2n) is 9.21. The molecule has 4 aliphatic rings. The van der Waals surface area contributed by atoms with Gasteiger partial charge in [-0.05, 0) is 48.7 Å². The molecule has 7 nitrogen and oxygen atoms in total. The summed E-state index contributed by atoms with van der Waals surface area (Å²) in [6.07, 6.45) is 5.63. The molecule has 0 saturated carbocycles. The Hall–Kier alpha value is -3.23. The fourth-order valence-corrected chi connectivity index (χ4v) is 7.33. The number of amides is 1. The second-order valence-corrected chi connectivity index (χ2v) is 11.1. The minimum absolute atomic E-state index is 0.150. The number of aromatic nitrogens is 1. The van der Waals surface area contributed by atoms with Crippen LogP contribution >= 0.6 is 0 Å². The predicted molar refractivity (Wildman–Crippen MR) is 131 cm³/mol. The van der Waals surface area contributed by atoms with Gasteiger partial charge in [0.25, 0.3) is 0 Å². The molecule has 3 saturated heterocycles. The molecule has 2 bridgehead atoms. The van der Waals surface area contributed by atoms with E-state index in [1.165, 1.54) is 0 Å². The molecule has 5 heterocycles. The van der Waals surface area contributed by atoms with E-state index in [0.29, 0.717) is 27.8 Å². The van der Waals surface area contributed by atoms with Crippen molar-refractivity contribution in [1.29, 1.82) is 0 Å². The van der Waals surface area contributed by atoms with Gasteiger partial charge in [-0.25, -0.2) is 8.42 Å². The zero-order valence-corrected chi connectivity index (χ0v) is 19.6. The number of sulfone groups is 1. The number of rotatable bonds is 4. The molecule has 8 heteroatoms. The van der Waals surface area contributed by atoms with Crippen molar-refractivity contribution in [1.82, 2.24) is 9.88 Å². The van der Waals surface area contributed by atoms with Gasteiger partial charge in [-0.1, -0.05) is 18.2 Å². The lowest BCUT2D eigenvalue weighted by atomic mass is 10.0. The van der Waals surface area contributed by atoms with Gasteiger partial charge >= 0.3 is 0 Å². The van der Waals surface area contributed by atoms with Crippen LogP contribution in [-0.4, -0.2) is 56.4 Å². The number of anilines is 2. The first-order valence-corrected chi connectivity index (χ1v) is 13.2. The van der Waals surface area contributed by atoms with Crippen LogP contribution in [0.1, 0.15) is 18.4 Å². The molecule has 0 unspecified atom stereocenters. The van der Waals surface area contributed by atoms with E-state index in [2.05, 4.69) is 20.1 Å². The van der Waals surface area contributed by atoms with Crippen molar-refractivity contribution in [2.75, 3.05) is 36.4 Å². The quantitative estimate of drug-likeness (QED) is 0.488. The molecule has 0 radical (unpaired) electrons. The number of piperidine rings is 1. The number of benzene rings is 2. The van der Waals surface area contributed by atoms with E-state index in [1.54, 1.807) is 36.7 Å². The molecule has 1 amide bonds. The van der Waals surface area contributed by atoms with E-state index in [1.807, 2.05) is 24.3 Å². The molecule has 0 spiro atoms. The van der Waals surface area contributed by atoms with Crippen LogP contribution in [0.15, 0.2) is 70.7 Å². The minimum atomic E-state index is -3.76. The topological polar surface area (TPSA) is 82.6 Å². The van der Waals surface area contributed by atoms with Gasteiger partial charge in [0.15, 0.2) is 0 Å². The predicted octanol–water partition coefficient (Wildman–Crippen LogP) is 3.36. The van der Waals surface area contributed by atoms with Crippen molar-refractivity contribution in [2.24, 2.45) is 0 Å². The Labute approximate surface area is 199 Å². The van der Waals surface area contributed by atoms with Crippen LogP contribution in [0.25, 0.3) is 11.1 Å². The van der Waals surface area contributed by atoms with Crippen LogP contribution in [-0.2, 0) is 21.1 Å².